The standard InChI is InChI=1S/C21H21ClFNO5S/c1-3-28-20(26)11-7-5-10-14-15(11)17(21(27)29-4-2)19(30-14)24-18(25)16-12(22)8-6-9-13(16)23/h6,8-9,11H,3-5,7,10H2,1-2H3,(H,24,25). The van der Waals surface area contributed by atoms with Crippen molar-refractivity contribution < 1.29 is 28.2 Å². The van der Waals surface area contributed by atoms with Crippen LogP contribution >= 0.6 is 22.9 Å². The maximum atomic E-state index is 14.2. The van der Waals surface area contributed by atoms with Gasteiger partial charge in [-0.2, -0.15) is 0 Å². The third-order valence-corrected chi connectivity index (χ3v) is 6.23. The Hall–Kier alpha value is -2.45. The molecule has 0 saturated carbocycles. The molecule has 9 heteroatoms. The maximum Gasteiger partial charge on any atom is 0.341 e. The highest BCUT2D eigenvalue weighted by atomic mass is 35.5. The summed E-state index contributed by atoms with van der Waals surface area (Å²) in [4.78, 5) is 38.8. The predicted octanol–water partition coefficient (Wildman–Crippen LogP) is 4.95. The molecule has 0 fully saturated rings. The normalized spacial score (nSPS) is 15.3. The number of ether oxygens (including phenoxy) is 2. The number of anilines is 1. The Balaban J connectivity index is 2.06. The average molecular weight is 454 g/mol. The van der Waals surface area contributed by atoms with Crippen LogP contribution in [0.1, 0.15) is 63.8 Å². The van der Waals surface area contributed by atoms with E-state index in [2.05, 4.69) is 5.32 Å². The van der Waals surface area contributed by atoms with Crippen LogP contribution in [0.2, 0.25) is 5.02 Å². The largest absolute Gasteiger partial charge is 0.466 e. The van der Waals surface area contributed by atoms with Gasteiger partial charge in [-0.25, -0.2) is 9.18 Å². The van der Waals surface area contributed by atoms with Gasteiger partial charge in [-0.1, -0.05) is 17.7 Å². The molecule has 1 N–H and O–H groups in total. The van der Waals surface area contributed by atoms with Gasteiger partial charge in [0.2, 0.25) is 0 Å². The molecular formula is C21H21ClFNO5S. The number of hydrogen-bond donors (Lipinski definition) is 1. The van der Waals surface area contributed by atoms with Gasteiger partial charge >= 0.3 is 11.9 Å². The van der Waals surface area contributed by atoms with Gasteiger partial charge < -0.3 is 14.8 Å². The number of thiophene rings is 1. The molecule has 1 aromatic heterocycles. The third-order valence-electron chi connectivity index (χ3n) is 4.73. The molecule has 1 heterocycles. The summed E-state index contributed by atoms with van der Waals surface area (Å²) in [5.74, 6) is -3.25. The van der Waals surface area contributed by atoms with Crippen LogP contribution in [0.5, 0.6) is 0 Å². The van der Waals surface area contributed by atoms with E-state index in [9.17, 15) is 18.8 Å². The van der Waals surface area contributed by atoms with Gasteiger partial charge in [0.25, 0.3) is 5.91 Å². The topological polar surface area (TPSA) is 81.7 Å². The molecule has 0 bridgehead atoms. The minimum atomic E-state index is -0.782. The lowest BCUT2D eigenvalue weighted by atomic mass is 9.85. The van der Waals surface area contributed by atoms with Gasteiger partial charge in [0.15, 0.2) is 0 Å². The molecule has 1 aliphatic rings. The summed E-state index contributed by atoms with van der Waals surface area (Å²) in [5.41, 5.74) is 0.329. The minimum absolute atomic E-state index is 0.0455. The van der Waals surface area contributed by atoms with Gasteiger partial charge in [-0.15, -0.1) is 11.3 Å². The van der Waals surface area contributed by atoms with Gasteiger partial charge in [0.1, 0.15) is 10.8 Å². The molecular weight excluding hydrogens is 433 g/mol. The molecule has 1 aromatic carbocycles. The van der Waals surface area contributed by atoms with Crippen LogP contribution in [0.25, 0.3) is 0 Å². The molecule has 0 spiro atoms. The summed E-state index contributed by atoms with van der Waals surface area (Å²) in [6, 6.07) is 3.93. The van der Waals surface area contributed by atoms with E-state index in [1.807, 2.05) is 0 Å². The number of benzene rings is 1. The number of fused-ring (bicyclic) bond motifs is 1. The zero-order valence-corrected chi connectivity index (χ0v) is 18.1. The second-order valence-electron chi connectivity index (χ2n) is 6.61. The lowest BCUT2D eigenvalue weighted by Crippen LogP contribution is -2.23. The second kappa shape index (κ2) is 9.57. The molecule has 0 aliphatic heterocycles. The summed E-state index contributed by atoms with van der Waals surface area (Å²) in [6.45, 7) is 3.72. The van der Waals surface area contributed by atoms with E-state index in [-0.39, 0.29) is 34.4 Å². The summed E-state index contributed by atoms with van der Waals surface area (Å²) in [7, 11) is 0. The molecule has 1 unspecified atom stereocenters. The van der Waals surface area contributed by atoms with Crippen molar-refractivity contribution in [1.29, 1.82) is 0 Å². The molecule has 1 atom stereocenters. The first kappa shape index (κ1) is 22.2. The quantitative estimate of drug-likeness (QED) is 0.625. The highest BCUT2D eigenvalue weighted by molar-refractivity contribution is 7.17. The number of halogens is 2. The summed E-state index contributed by atoms with van der Waals surface area (Å²) < 4.78 is 24.5. The highest BCUT2D eigenvalue weighted by Crippen LogP contribution is 2.44. The predicted molar refractivity (Wildman–Crippen MR) is 112 cm³/mol. The summed E-state index contributed by atoms with van der Waals surface area (Å²) in [6.07, 6.45) is 1.92. The zero-order chi connectivity index (χ0) is 21.8. The summed E-state index contributed by atoms with van der Waals surface area (Å²) in [5, 5.41) is 2.76. The van der Waals surface area contributed by atoms with Crippen LogP contribution in [0.15, 0.2) is 18.2 Å². The second-order valence-corrected chi connectivity index (χ2v) is 8.12. The van der Waals surface area contributed by atoms with Crippen LogP contribution in [-0.2, 0) is 20.7 Å². The number of hydrogen-bond acceptors (Lipinski definition) is 6. The van der Waals surface area contributed by atoms with Crippen LogP contribution in [-0.4, -0.2) is 31.1 Å². The van der Waals surface area contributed by atoms with Crippen molar-refractivity contribution in [3.05, 3.63) is 50.6 Å². The Labute approximate surface area is 182 Å². The van der Waals surface area contributed by atoms with Crippen molar-refractivity contribution in [3.8, 4) is 0 Å². The fraction of sp³-hybridized carbons (Fsp3) is 0.381. The number of carbonyl (C=O) groups is 3. The number of amides is 1. The van der Waals surface area contributed by atoms with Crippen LogP contribution < -0.4 is 5.32 Å². The smallest absolute Gasteiger partial charge is 0.341 e. The Morgan fingerprint density at radius 1 is 1.20 bits per heavy atom. The lowest BCUT2D eigenvalue weighted by Gasteiger charge is -2.22. The molecule has 2 aromatic rings. The maximum absolute atomic E-state index is 14.2. The monoisotopic (exact) mass is 453 g/mol. The minimum Gasteiger partial charge on any atom is -0.466 e. The molecule has 6 nitrogen and oxygen atoms in total. The molecule has 0 radical (unpaired) electrons. The van der Waals surface area contributed by atoms with Crippen molar-refractivity contribution in [3.63, 3.8) is 0 Å². The zero-order valence-electron chi connectivity index (χ0n) is 16.6. The fourth-order valence-corrected chi connectivity index (χ4v) is 5.04. The molecule has 30 heavy (non-hydrogen) atoms. The van der Waals surface area contributed by atoms with Gasteiger partial charge in [0, 0.05) is 4.88 Å². The third kappa shape index (κ3) is 4.34. The molecule has 3 rings (SSSR count). The first-order valence-electron chi connectivity index (χ1n) is 9.63. The first-order chi connectivity index (χ1) is 14.4. The molecule has 160 valence electrons. The number of carbonyl (C=O) groups excluding carboxylic acids is 3. The Kier molecular flexibility index (Phi) is 7.10. The van der Waals surface area contributed by atoms with E-state index in [1.165, 1.54) is 23.5 Å². The Morgan fingerprint density at radius 2 is 1.93 bits per heavy atom. The van der Waals surface area contributed by atoms with Crippen molar-refractivity contribution in [2.24, 2.45) is 0 Å². The first-order valence-corrected chi connectivity index (χ1v) is 10.8. The number of nitrogens with one attached hydrogen (secondary N) is 1. The fourth-order valence-electron chi connectivity index (χ4n) is 3.51. The van der Waals surface area contributed by atoms with E-state index in [0.29, 0.717) is 18.4 Å². The van der Waals surface area contributed by atoms with Crippen molar-refractivity contribution >= 4 is 45.8 Å². The van der Waals surface area contributed by atoms with E-state index < -0.39 is 29.6 Å². The molecule has 0 saturated heterocycles. The van der Waals surface area contributed by atoms with E-state index in [0.717, 1.165) is 17.4 Å². The van der Waals surface area contributed by atoms with Gasteiger partial charge in [-0.3, -0.25) is 9.59 Å². The SMILES string of the molecule is CCOC(=O)c1c(NC(=O)c2c(F)cccc2Cl)sc2c1C(C(=O)OCC)CCC2. The van der Waals surface area contributed by atoms with Crippen LogP contribution in [0.4, 0.5) is 9.39 Å². The number of aryl methyl sites for hydroxylation is 1. The molecule has 1 amide bonds. The van der Waals surface area contributed by atoms with Gasteiger partial charge in [0.05, 0.1) is 35.3 Å². The van der Waals surface area contributed by atoms with Crippen molar-refractivity contribution in [2.45, 2.75) is 39.0 Å². The van der Waals surface area contributed by atoms with Gasteiger partial charge in [-0.05, 0) is 50.8 Å². The number of esters is 2. The molecule has 1 aliphatic carbocycles. The Bertz CT molecular complexity index is 970. The van der Waals surface area contributed by atoms with E-state index in [4.69, 9.17) is 21.1 Å². The Morgan fingerprint density at radius 3 is 2.60 bits per heavy atom. The van der Waals surface area contributed by atoms with Crippen molar-refractivity contribution in [2.75, 3.05) is 18.5 Å². The number of rotatable bonds is 6. The average Bonchev–Trinajstić information content (AvgIpc) is 3.06. The highest BCUT2D eigenvalue weighted by Gasteiger charge is 2.37. The van der Waals surface area contributed by atoms with E-state index >= 15 is 0 Å². The van der Waals surface area contributed by atoms with Crippen LogP contribution in [0, 0.1) is 5.82 Å². The lowest BCUT2D eigenvalue weighted by molar-refractivity contribution is -0.145. The van der Waals surface area contributed by atoms with E-state index in [1.54, 1.807) is 13.8 Å². The van der Waals surface area contributed by atoms with Crippen molar-refractivity contribution in [1.82, 2.24) is 0 Å². The van der Waals surface area contributed by atoms with Crippen LogP contribution in [0.3, 0.4) is 0 Å². The summed E-state index contributed by atoms with van der Waals surface area (Å²) >= 11 is 7.18.